The molecule has 0 saturated heterocycles. The van der Waals surface area contributed by atoms with E-state index >= 15 is 0 Å². The van der Waals surface area contributed by atoms with E-state index in [-0.39, 0.29) is 31.6 Å². The number of nitrogens with one attached hydrogen (secondary N) is 1. The predicted molar refractivity (Wildman–Crippen MR) is 119 cm³/mol. The van der Waals surface area contributed by atoms with Crippen LogP contribution in [-0.2, 0) is 27.3 Å². The summed E-state index contributed by atoms with van der Waals surface area (Å²) in [7, 11) is 0. The van der Waals surface area contributed by atoms with Gasteiger partial charge in [0.15, 0.2) is 0 Å². The summed E-state index contributed by atoms with van der Waals surface area (Å²) in [5.74, 6) is 0.326. The van der Waals surface area contributed by atoms with Gasteiger partial charge in [-0.15, -0.1) is 0 Å². The van der Waals surface area contributed by atoms with Crippen LogP contribution in [0.3, 0.4) is 0 Å². The van der Waals surface area contributed by atoms with Crippen molar-refractivity contribution < 1.29 is 28.0 Å². The fourth-order valence-electron chi connectivity index (χ4n) is 3.02. The Balaban J connectivity index is 1.37. The normalized spacial score (nSPS) is 10.8. The molecule has 4 aromatic rings. The lowest BCUT2D eigenvalue weighted by Gasteiger charge is -2.09. The van der Waals surface area contributed by atoms with E-state index in [1.54, 1.807) is 19.1 Å². The zero-order valence-electron chi connectivity index (χ0n) is 17.5. The number of carbonyl (C=O) groups excluding carboxylic acids is 2. The zero-order valence-corrected chi connectivity index (χ0v) is 18.3. The van der Waals surface area contributed by atoms with Gasteiger partial charge in [-0.05, 0) is 30.5 Å². The Hall–Kier alpha value is -3.99. The number of amides is 1. The molecule has 3 heterocycles. The highest BCUT2D eigenvalue weighted by molar-refractivity contribution is 7.08. The second-order valence-electron chi connectivity index (χ2n) is 6.83. The minimum atomic E-state index is -0.618. The lowest BCUT2D eigenvalue weighted by molar-refractivity contribution is -0.145. The van der Waals surface area contributed by atoms with Crippen LogP contribution in [-0.4, -0.2) is 28.8 Å². The molecule has 1 amide bonds. The van der Waals surface area contributed by atoms with Crippen molar-refractivity contribution in [2.75, 3.05) is 11.9 Å². The van der Waals surface area contributed by atoms with Gasteiger partial charge in [0.05, 0.1) is 13.0 Å². The van der Waals surface area contributed by atoms with Crippen LogP contribution in [0.2, 0.25) is 0 Å². The SMILES string of the molecule is CCOC(=O)Nc1ccc2c(COC(=O)CCc3nc(-c4ccsc4)no3)cc(=O)oc2c1. The molecule has 1 aromatic carbocycles. The van der Waals surface area contributed by atoms with Crippen molar-refractivity contribution in [3.05, 3.63) is 63.0 Å². The third-order valence-corrected chi connectivity index (χ3v) is 5.21. The van der Waals surface area contributed by atoms with E-state index in [0.717, 1.165) is 5.56 Å². The third-order valence-electron chi connectivity index (χ3n) is 4.53. The average Bonchev–Trinajstić information content (AvgIpc) is 3.47. The Morgan fingerprint density at radius 3 is 2.85 bits per heavy atom. The summed E-state index contributed by atoms with van der Waals surface area (Å²) in [6.45, 7) is 1.80. The van der Waals surface area contributed by atoms with E-state index in [9.17, 15) is 14.4 Å². The molecule has 3 aromatic heterocycles. The number of fused-ring (bicyclic) bond motifs is 1. The number of benzene rings is 1. The highest BCUT2D eigenvalue weighted by Crippen LogP contribution is 2.23. The molecule has 10 nitrogen and oxygen atoms in total. The van der Waals surface area contributed by atoms with Gasteiger partial charge in [0.25, 0.3) is 0 Å². The van der Waals surface area contributed by atoms with E-state index in [2.05, 4.69) is 15.5 Å². The number of hydrogen-bond acceptors (Lipinski definition) is 10. The molecule has 0 saturated carbocycles. The smallest absolute Gasteiger partial charge is 0.411 e. The number of aryl methyl sites for hydroxylation is 1. The standard InChI is InChI=1S/C22H19N3O7S/c1-2-29-22(28)23-15-3-4-16-14(9-20(27)31-17(16)10-15)11-30-19(26)6-5-18-24-21(25-32-18)13-7-8-33-12-13/h3-4,7-10,12H,2,5-6,11H2,1H3,(H,23,28). The van der Waals surface area contributed by atoms with Gasteiger partial charge in [0.1, 0.15) is 12.2 Å². The molecule has 0 aliphatic carbocycles. The maximum atomic E-state index is 12.2. The first-order valence-corrected chi connectivity index (χ1v) is 11.0. The Labute approximate surface area is 191 Å². The molecule has 4 rings (SSSR count). The molecule has 0 aliphatic heterocycles. The summed E-state index contributed by atoms with van der Waals surface area (Å²) in [5, 5.41) is 10.8. The Bertz CT molecular complexity index is 1330. The van der Waals surface area contributed by atoms with Crippen molar-refractivity contribution in [2.45, 2.75) is 26.4 Å². The number of aromatic nitrogens is 2. The van der Waals surface area contributed by atoms with E-state index in [4.69, 9.17) is 18.4 Å². The maximum Gasteiger partial charge on any atom is 0.411 e. The summed E-state index contributed by atoms with van der Waals surface area (Å²) in [6, 6.07) is 7.93. The molecule has 0 bridgehead atoms. The summed E-state index contributed by atoms with van der Waals surface area (Å²) in [6.07, 6.45) is -0.345. The Morgan fingerprint density at radius 2 is 2.06 bits per heavy atom. The Kier molecular flexibility index (Phi) is 6.79. The van der Waals surface area contributed by atoms with Gasteiger partial charge in [-0.3, -0.25) is 10.1 Å². The minimum absolute atomic E-state index is 0.0399. The van der Waals surface area contributed by atoms with Crippen LogP contribution in [0.4, 0.5) is 10.5 Å². The van der Waals surface area contributed by atoms with Crippen LogP contribution < -0.4 is 10.9 Å². The fourth-order valence-corrected chi connectivity index (χ4v) is 3.65. The van der Waals surface area contributed by atoms with Crippen molar-refractivity contribution in [1.82, 2.24) is 10.1 Å². The van der Waals surface area contributed by atoms with E-state index in [1.165, 1.54) is 23.5 Å². The number of esters is 1. The number of ether oxygens (including phenoxy) is 2. The van der Waals surface area contributed by atoms with Crippen molar-refractivity contribution in [3.8, 4) is 11.4 Å². The molecule has 0 atom stereocenters. The van der Waals surface area contributed by atoms with E-state index in [1.807, 2.05) is 16.8 Å². The van der Waals surface area contributed by atoms with Gasteiger partial charge in [-0.1, -0.05) is 5.16 Å². The Morgan fingerprint density at radius 1 is 1.18 bits per heavy atom. The molecule has 1 N–H and O–H groups in total. The van der Waals surface area contributed by atoms with Gasteiger partial charge in [0.2, 0.25) is 11.7 Å². The topological polar surface area (TPSA) is 134 Å². The zero-order chi connectivity index (χ0) is 23.2. The summed E-state index contributed by atoms with van der Waals surface area (Å²) in [4.78, 5) is 40.0. The molecule has 33 heavy (non-hydrogen) atoms. The first kappa shape index (κ1) is 22.2. The van der Waals surface area contributed by atoms with Crippen molar-refractivity contribution >= 4 is 40.1 Å². The second-order valence-corrected chi connectivity index (χ2v) is 7.61. The van der Waals surface area contributed by atoms with Crippen LogP contribution in [0.25, 0.3) is 22.4 Å². The quantitative estimate of drug-likeness (QED) is 0.298. The monoisotopic (exact) mass is 469 g/mol. The first-order valence-electron chi connectivity index (χ1n) is 10.0. The molecular formula is C22H19N3O7S. The van der Waals surface area contributed by atoms with Crippen LogP contribution in [0, 0.1) is 0 Å². The van der Waals surface area contributed by atoms with Crippen molar-refractivity contribution in [2.24, 2.45) is 0 Å². The number of nitrogens with zero attached hydrogens (tertiary/aromatic N) is 2. The summed E-state index contributed by atoms with van der Waals surface area (Å²) >= 11 is 1.52. The lowest BCUT2D eigenvalue weighted by Crippen LogP contribution is -2.13. The third kappa shape index (κ3) is 5.63. The molecule has 0 unspecified atom stereocenters. The maximum absolute atomic E-state index is 12.2. The lowest BCUT2D eigenvalue weighted by atomic mass is 10.1. The molecule has 11 heteroatoms. The van der Waals surface area contributed by atoms with E-state index in [0.29, 0.717) is 28.4 Å². The largest absolute Gasteiger partial charge is 0.461 e. The molecule has 170 valence electrons. The number of rotatable bonds is 8. The van der Waals surface area contributed by atoms with Gasteiger partial charge >= 0.3 is 17.7 Å². The van der Waals surface area contributed by atoms with Gasteiger partial charge in [-0.2, -0.15) is 16.3 Å². The van der Waals surface area contributed by atoms with Crippen molar-refractivity contribution in [1.29, 1.82) is 0 Å². The second kappa shape index (κ2) is 10.1. The molecule has 0 spiro atoms. The highest BCUT2D eigenvalue weighted by atomic mass is 32.1. The fraction of sp³-hybridized carbons (Fsp3) is 0.227. The van der Waals surface area contributed by atoms with Crippen LogP contribution in [0.1, 0.15) is 24.8 Å². The molecule has 0 radical (unpaired) electrons. The number of hydrogen-bond donors (Lipinski definition) is 1. The number of carbonyl (C=O) groups is 2. The van der Waals surface area contributed by atoms with Crippen molar-refractivity contribution in [3.63, 3.8) is 0 Å². The van der Waals surface area contributed by atoms with Crippen LogP contribution in [0.15, 0.2) is 54.8 Å². The van der Waals surface area contributed by atoms with E-state index < -0.39 is 17.7 Å². The summed E-state index contributed by atoms with van der Waals surface area (Å²) in [5.41, 5.74) is 1.38. The van der Waals surface area contributed by atoms with Gasteiger partial charge in [0, 0.05) is 46.1 Å². The number of thiophene rings is 1. The summed E-state index contributed by atoms with van der Waals surface area (Å²) < 4.78 is 20.5. The van der Waals surface area contributed by atoms with Gasteiger partial charge in [-0.25, -0.2) is 9.59 Å². The molecular weight excluding hydrogens is 450 g/mol. The van der Waals surface area contributed by atoms with Crippen LogP contribution in [0.5, 0.6) is 0 Å². The van der Waals surface area contributed by atoms with Gasteiger partial charge < -0.3 is 18.4 Å². The predicted octanol–water partition coefficient (Wildman–Crippen LogP) is 4.15. The minimum Gasteiger partial charge on any atom is -0.461 e. The highest BCUT2D eigenvalue weighted by Gasteiger charge is 2.14. The first-order chi connectivity index (χ1) is 16.0. The molecule has 0 fully saturated rings. The average molecular weight is 469 g/mol. The number of anilines is 1. The molecule has 0 aliphatic rings. The van der Waals surface area contributed by atoms with Crippen LogP contribution >= 0.6 is 11.3 Å².